The number of hydrogen-bond donors (Lipinski definition) is 0. The first-order valence-corrected chi connectivity index (χ1v) is 9.80. The minimum atomic E-state index is -4.40. The summed E-state index contributed by atoms with van der Waals surface area (Å²) in [7, 11) is 0. The van der Waals surface area contributed by atoms with E-state index >= 15 is 0 Å². The largest absolute Gasteiger partial charge is 0.416 e. The molecule has 4 nitrogen and oxygen atoms in total. The van der Waals surface area contributed by atoms with Crippen LogP contribution < -0.4 is 4.87 Å². The summed E-state index contributed by atoms with van der Waals surface area (Å²) in [6.07, 6.45) is -0.901. The molecule has 1 fully saturated rings. The van der Waals surface area contributed by atoms with Gasteiger partial charge >= 0.3 is 11.0 Å². The van der Waals surface area contributed by atoms with Gasteiger partial charge in [0.2, 0.25) is 0 Å². The van der Waals surface area contributed by atoms with E-state index in [1.807, 2.05) is 17.0 Å². The molecule has 0 saturated heterocycles. The average molecular weight is 405 g/mol. The SMILES string of the molecule is O=c1scc(-c2ccccn2)n1CN(Cc1ccccc1C(F)(F)F)C1CC1. The highest BCUT2D eigenvalue weighted by Crippen LogP contribution is 2.35. The normalized spacial score (nSPS) is 14.6. The van der Waals surface area contributed by atoms with Gasteiger partial charge in [-0.2, -0.15) is 13.2 Å². The molecule has 0 N–H and O–H groups in total. The molecule has 3 aromatic rings. The van der Waals surface area contributed by atoms with E-state index in [1.54, 1.807) is 28.3 Å². The van der Waals surface area contributed by atoms with Crippen LogP contribution in [0.4, 0.5) is 13.2 Å². The lowest BCUT2D eigenvalue weighted by Gasteiger charge is -2.25. The maximum absolute atomic E-state index is 13.4. The van der Waals surface area contributed by atoms with Crippen molar-refractivity contribution in [1.29, 1.82) is 0 Å². The molecule has 0 spiro atoms. The Kier molecular flexibility index (Phi) is 5.07. The first kappa shape index (κ1) is 18.9. The number of thiazole rings is 1. The molecular weight excluding hydrogens is 387 g/mol. The van der Waals surface area contributed by atoms with Crippen molar-refractivity contribution >= 4 is 11.3 Å². The molecule has 4 rings (SSSR count). The van der Waals surface area contributed by atoms with E-state index in [-0.39, 0.29) is 29.7 Å². The fourth-order valence-corrected chi connectivity index (χ4v) is 3.99. The Bertz CT molecular complexity index is 1010. The van der Waals surface area contributed by atoms with Crippen LogP contribution >= 0.6 is 11.3 Å². The number of hydrogen-bond acceptors (Lipinski definition) is 4. The van der Waals surface area contributed by atoms with Crippen molar-refractivity contribution in [1.82, 2.24) is 14.5 Å². The second kappa shape index (κ2) is 7.52. The molecule has 0 aliphatic heterocycles. The lowest BCUT2D eigenvalue weighted by molar-refractivity contribution is -0.138. The van der Waals surface area contributed by atoms with Gasteiger partial charge in [-0.1, -0.05) is 35.6 Å². The Hall–Kier alpha value is -2.45. The summed E-state index contributed by atoms with van der Waals surface area (Å²) in [5.41, 5.74) is 0.963. The maximum Gasteiger partial charge on any atom is 0.416 e. The molecular formula is C20H18F3N3OS. The van der Waals surface area contributed by atoms with Gasteiger partial charge in [0.15, 0.2) is 0 Å². The van der Waals surface area contributed by atoms with Crippen molar-refractivity contribution in [2.75, 3.05) is 0 Å². The van der Waals surface area contributed by atoms with E-state index < -0.39 is 11.7 Å². The van der Waals surface area contributed by atoms with Crippen LogP contribution in [-0.4, -0.2) is 20.5 Å². The van der Waals surface area contributed by atoms with Crippen molar-refractivity contribution in [2.24, 2.45) is 0 Å². The van der Waals surface area contributed by atoms with E-state index in [0.717, 1.165) is 30.2 Å². The van der Waals surface area contributed by atoms with Gasteiger partial charge in [-0.25, -0.2) is 0 Å². The summed E-state index contributed by atoms with van der Waals surface area (Å²) in [4.78, 5) is 18.5. The maximum atomic E-state index is 13.4. The summed E-state index contributed by atoms with van der Waals surface area (Å²) in [5.74, 6) is 0. The number of pyridine rings is 1. The van der Waals surface area contributed by atoms with Gasteiger partial charge in [0.1, 0.15) is 0 Å². The smallest absolute Gasteiger partial charge is 0.284 e. The van der Waals surface area contributed by atoms with Crippen LogP contribution in [0.15, 0.2) is 58.8 Å². The van der Waals surface area contributed by atoms with Gasteiger partial charge in [0.25, 0.3) is 0 Å². The zero-order valence-electron chi connectivity index (χ0n) is 14.9. The molecule has 2 aromatic heterocycles. The molecule has 28 heavy (non-hydrogen) atoms. The van der Waals surface area contributed by atoms with Crippen molar-refractivity contribution in [2.45, 2.75) is 38.3 Å². The Labute approximate surface area is 163 Å². The van der Waals surface area contributed by atoms with E-state index in [2.05, 4.69) is 4.98 Å². The van der Waals surface area contributed by atoms with Gasteiger partial charge in [0.05, 0.1) is 23.6 Å². The summed E-state index contributed by atoms with van der Waals surface area (Å²) in [5, 5.41) is 1.75. The Balaban J connectivity index is 1.64. The van der Waals surface area contributed by atoms with E-state index in [0.29, 0.717) is 11.4 Å². The van der Waals surface area contributed by atoms with Crippen molar-refractivity contribution in [3.8, 4) is 11.4 Å². The zero-order valence-corrected chi connectivity index (χ0v) is 15.7. The molecule has 0 radical (unpaired) electrons. The summed E-state index contributed by atoms with van der Waals surface area (Å²) in [6.45, 7) is 0.384. The van der Waals surface area contributed by atoms with Crippen LogP contribution in [0, 0.1) is 0 Å². The highest BCUT2D eigenvalue weighted by atomic mass is 32.1. The summed E-state index contributed by atoms with van der Waals surface area (Å²) in [6, 6.07) is 11.3. The first-order valence-electron chi connectivity index (χ1n) is 8.92. The molecule has 1 aliphatic rings. The van der Waals surface area contributed by atoms with Crippen LogP contribution in [0.2, 0.25) is 0 Å². The van der Waals surface area contributed by atoms with Crippen molar-refractivity contribution in [3.05, 3.63) is 74.8 Å². The molecule has 0 unspecified atom stereocenters. The Morgan fingerprint density at radius 1 is 1.14 bits per heavy atom. The minimum absolute atomic E-state index is 0.143. The highest BCUT2D eigenvalue weighted by molar-refractivity contribution is 7.07. The van der Waals surface area contributed by atoms with E-state index in [4.69, 9.17) is 0 Å². The molecule has 8 heteroatoms. The highest BCUT2D eigenvalue weighted by Gasteiger charge is 2.35. The molecule has 0 atom stereocenters. The van der Waals surface area contributed by atoms with Crippen LogP contribution in [0.25, 0.3) is 11.4 Å². The zero-order chi connectivity index (χ0) is 19.7. The van der Waals surface area contributed by atoms with Gasteiger partial charge < -0.3 is 0 Å². The molecule has 1 saturated carbocycles. The molecule has 0 bridgehead atoms. The van der Waals surface area contributed by atoms with Gasteiger partial charge in [-0.05, 0) is 36.6 Å². The Morgan fingerprint density at radius 3 is 2.57 bits per heavy atom. The number of benzene rings is 1. The minimum Gasteiger partial charge on any atom is -0.284 e. The lowest BCUT2D eigenvalue weighted by Crippen LogP contribution is -2.32. The third-order valence-corrected chi connectivity index (χ3v) is 5.56. The number of aromatic nitrogens is 2. The molecule has 2 heterocycles. The second-order valence-electron chi connectivity index (χ2n) is 6.80. The lowest BCUT2D eigenvalue weighted by atomic mass is 10.1. The van der Waals surface area contributed by atoms with E-state index in [1.165, 1.54) is 12.1 Å². The summed E-state index contributed by atoms with van der Waals surface area (Å²) >= 11 is 1.07. The second-order valence-corrected chi connectivity index (χ2v) is 7.62. The third kappa shape index (κ3) is 4.02. The molecule has 1 aliphatic carbocycles. The van der Waals surface area contributed by atoms with Crippen LogP contribution in [0.3, 0.4) is 0 Å². The standard InChI is InChI=1S/C20H18F3N3OS/c21-20(22,23)16-6-2-1-5-14(16)11-25(15-8-9-15)13-26-18(12-28-19(26)27)17-7-3-4-10-24-17/h1-7,10,12,15H,8-9,11,13H2. The number of nitrogens with zero attached hydrogens (tertiary/aromatic N) is 3. The van der Waals surface area contributed by atoms with Gasteiger partial charge in [-0.15, -0.1) is 0 Å². The quantitative estimate of drug-likeness (QED) is 0.601. The molecule has 0 amide bonds. The van der Waals surface area contributed by atoms with Crippen LogP contribution in [0.5, 0.6) is 0 Å². The number of alkyl halides is 3. The van der Waals surface area contributed by atoms with Gasteiger partial charge in [0, 0.05) is 24.2 Å². The van der Waals surface area contributed by atoms with E-state index in [9.17, 15) is 18.0 Å². The number of halogens is 3. The van der Waals surface area contributed by atoms with Crippen molar-refractivity contribution in [3.63, 3.8) is 0 Å². The topological polar surface area (TPSA) is 38.1 Å². The Morgan fingerprint density at radius 2 is 1.89 bits per heavy atom. The predicted molar refractivity (Wildman–Crippen MR) is 102 cm³/mol. The molecule has 146 valence electrons. The first-order chi connectivity index (χ1) is 13.4. The average Bonchev–Trinajstić information content (AvgIpc) is 3.46. The predicted octanol–water partition coefficient (Wildman–Crippen LogP) is 4.61. The van der Waals surface area contributed by atoms with Gasteiger partial charge in [-0.3, -0.25) is 19.2 Å². The third-order valence-electron chi connectivity index (χ3n) is 4.79. The number of rotatable bonds is 6. The fourth-order valence-electron chi connectivity index (χ4n) is 3.25. The fraction of sp³-hybridized carbons (Fsp3) is 0.300. The van der Waals surface area contributed by atoms with Crippen molar-refractivity contribution < 1.29 is 13.2 Å². The summed E-state index contributed by atoms with van der Waals surface area (Å²) < 4.78 is 41.7. The van der Waals surface area contributed by atoms with Crippen LogP contribution in [0.1, 0.15) is 24.0 Å². The monoisotopic (exact) mass is 405 g/mol. The molecule has 1 aromatic carbocycles. The van der Waals surface area contributed by atoms with Crippen LogP contribution in [-0.2, 0) is 19.4 Å².